The highest BCUT2D eigenvalue weighted by atomic mass is 28.3. The third-order valence-corrected chi connectivity index (χ3v) is 4.91. The molecule has 7 nitrogen and oxygen atoms in total. The fourth-order valence-corrected chi connectivity index (χ4v) is 2.83. The van der Waals surface area contributed by atoms with Gasteiger partial charge in [-0.05, 0) is 0 Å². The lowest BCUT2D eigenvalue weighted by Crippen LogP contribution is -2.38. The number of aliphatic hydroxyl groups excluding tert-OH is 1. The fourth-order valence-electron chi connectivity index (χ4n) is 1.97. The molecular formula is C10H18N4O3Si. The largest absolute Gasteiger partial charge is 0.465 e. The van der Waals surface area contributed by atoms with E-state index in [1.54, 1.807) is 4.68 Å². The van der Waals surface area contributed by atoms with Gasteiger partial charge in [0, 0.05) is 12.7 Å². The van der Waals surface area contributed by atoms with Gasteiger partial charge in [-0.1, -0.05) is 24.9 Å². The molecule has 0 spiro atoms. The summed E-state index contributed by atoms with van der Waals surface area (Å²) >= 11 is 0. The molecule has 1 aromatic rings. The van der Waals surface area contributed by atoms with Crippen LogP contribution in [-0.2, 0) is 0 Å². The van der Waals surface area contributed by atoms with Crippen LogP contribution >= 0.6 is 0 Å². The van der Waals surface area contributed by atoms with Crippen LogP contribution in [0.2, 0.25) is 19.6 Å². The van der Waals surface area contributed by atoms with Crippen molar-refractivity contribution in [1.82, 2.24) is 19.9 Å². The van der Waals surface area contributed by atoms with Gasteiger partial charge in [0.2, 0.25) is 0 Å². The number of carbonyl (C=O) groups is 1. The van der Waals surface area contributed by atoms with E-state index in [-0.39, 0.29) is 19.1 Å². The quantitative estimate of drug-likeness (QED) is 0.721. The Kier molecular flexibility index (Phi) is 3.15. The zero-order valence-corrected chi connectivity index (χ0v) is 11.7. The highest BCUT2D eigenvalue weighted by Gasteiger charge is 2.36. The first-order valence-electron chi connectivity index (χ1n) is 5.87. The van der Waals surface area contributed by atoms with Gasteiger partial charge < -0.3 is 15.1 Å². The Balaban J connectivity index is 2.18. The average Bonchev–Trinajstić information content (AvgIpc) is 2.81. The number of hydrogen-bond acceptors (Lipinski definition) is 4. The van der Waals surface area contributed by atoms with E-state index in [1.807, 2.05) is 6.20 Å². The summed E-state index contributed by atoms with van der Waals surface area (Å²) in [5.74, 6) is 0. The number of aliphatic hydroxyl groups is 1. The van der Waals surface area contributed by atoms with Crippen molar-refractivity contribution in [2.24, 2.45) is 0 Å². The number of carboxylic acid groups (broad SMARTS) is 1. The summed E-state index contributed by atoms with van der Waals surface area (Å²) in [6.07, 6.45) is 0.102. The molecule has 1 amide bonds. The van der Waals surface area contributed by atoms with Crippen molar-refractivity contribution >= 4 is 19.5 Å². The molecule has 1 aliphatic heterocycles. The molecule has 0 aliphatic carbocycles. The van der Waals surface area contributed by atoms with Crippen LogP contribution in [0.1, 0.15) is 6.04 Å². The van der Waals surface area contributed by atoms with E-state index in [2.05, 4.69) is 30.0 Å². The van der Waals surface area contributed by atoms with Crippen LogP contribution in [0.15, 0.2) is 6.20 Å². The minimum atomic E-state index is -1.53. The molecule has 2 unspecified atom stereocenters. The maximum absolute atomic E-state index is 10.9. The highest BCUT2D eigenvalue weighted by molar-refractivity contribution is 6.88. The SMILES string of the molecule is C[Si](C)(C)c1cn(C2CN(C(=O)O)CC2O)nn1. The number of likely N-dealkylation sites (tertiary alicyclic amines) is 1. The van der Waals surface area contributed by atoms with Crippen LogP contribution in [0.4, 0.5) is 4.79 Å². The normalized spacial score (nSPS) is 24.6. The minimum Gasteiger partial charge on any atom is -0.465 e. The molecule has 1 fully saturated rings. The van der Waals surface area contributed by atoms with E-state index in [0.29, 0.717) is 0 Å². The molecule has 2 rings (SSSR count). The Hall–Kier alpha value is -1.41. The lowest BCUT2D eigenvalue weighted by molar-refractivity contribution is 0.130. The minimum absolute atomic E-state index is 0.127. The van der Waals surface area contributed by atoms with E-state index >= 15 is 0 Å². The highest BCUT2D eigenvalue weighted by Crippen LogP contribution is 2.21. The third-order valence-electron chi connectivity index (χ3n) is 3.15. The fraction of sp³-hybridized carbons (Fsp3) is 0.700. The van der Waals surface area contributed by atoms with Crippen LogP contribution < -0.4 is 5.32 Å². The van der Waals surface area contributed by atoms with Gasteiger partial charge in [-0.2, -0.15) is 0 Å². The molecule has 2 heterocycles. The first kappa shape index (κ1) is 13.0. The Bertz CT molecular complexity index is 456. The Morgan fingerprint density at radius 2 is 2.11 bits per heavy atom. The van der Waals surface area contributed by atoms with Crippen LogP contribution in [0.25, 0.3) is 0 Å². The molecular weight excluding hydrogens is 252 g/mol. The predicted molar refractivity (Wildman–Crippen MR) is 67.6 cm³/mol. The number of aromatic nitrogens is 3. The predicted octanol–water partition coefficient (Wildman–Crippen LogP) is -0.281. The number of nitrogens with zero attached hydrogens (tertiary/aromatic N) is 4. The second-order valence-electron chi connectivity index (χ2n) is 5.66. The molecule has 1 saturated heterocycles. The smallest absolute Gasteiger partial charge is 0.407 e. The molecule has 2 atom stereocenters. The standard InChI is InChI=1S/C10H18N4O3Si/c1-18(2,3)9-6-14(12-11-9)7-4-13(10(16)17)5-8(7)15/h6-8,15H,4-5H2,1-3H3,(H,16,17). The molecule has 0 saturated carbocycles. The van der Waals surface area contributed by atoms with Crippen molar-refractivity contribution in [3.63, 3.8) is 0 Å². The summed E-state index contributed by atoms with van der Waals surface area (Å²) in [6.45, 7) is 6.87. The van der Waals surface area contributed by atoms with Crippen LogP contribution in [0.5, 0.6) is 0 Å². The summed E-state index contributed by atoms with van der Waals surface area (Å²) in [7, 11) is -1.53. The number of amides is 1. The second kappa shape index (κ2) is 4.36. The van der Waals surface area contributed by atoms with Crippen molar-refractivity contribution in [2.45, 2.75) is 31.8 Å². The van der Waals surface area contributed by atoms with Gasteiger partial charge in [0.15, 0.2) is 0 Å². The monoisotopic (exact) mass is 270 g/mol. The zero-order chi connectivity index (χ0) is 13.5. The second-order valence-corrected chi connectivity index (χ2v) is 10.7. The van der Waals surface area contributed by atoms with Crippen LogP contribution in [0.3, 0.4) is 0 Å². The first-order chi connectivity index (χ1) is 8.29. The van der Waals surface area contributed by atoms with Crippen LogP contribution in [0, 0.1) is 0 Å². The molecule has 100 valence electrons. The molecule has 1 aliphatic rings. The van der Waals surface area contributed by atoms with Crippen LogP contribution in [-0.4, -0.2) is 63.5 Å². The Morgan fingerprint density at radius 1 is 1.44 bits per heavy atom. The molecule has 1 aromatic heterocycles. The average molecular weight is 270 g/mol. The molecule has 8 heteroatoms. The lowest BCUT2D eigenvalue weighted by Gasteiger charge is -2.13. The van der Waals surface area contributed by atoms with E-state index < -0.39 is 20.3 Å². The van der Waals surface area contributed by atoms with Gasteiger partial charge in [-0.25, -0.2) is 9.48 Å². The summed E-state index contributed by atoms with van der Waals surface area (Å²) < 4.78 is 1.60. The molecule has 0 bridgehead atoms. The van der Waals surface area contributed by atoms with E-state index in [4.69, 9.17) is 5.11 Å². The van der Waals surface area contributed by atoms with Crippen molar-refractivity contribution < 1.29 is 15.0 Å². The zero-order valence-electron chi connectivity index (χ0n) is 10.7. The van der Waals surface area contributed by atoms with Gasteiger partial charge >= 0.3 is 6.09 Å². The van der Waals surface area contributed by atoms with Gasteiger partial charge in [-0.3, -0.25) is 0 Å². The molecule has 18 heavy (non-hydrogen) atoms. The van der Waals surface area contributed by atoms with Gasteiger partial charge in [0.05, 0.1) is 24.0 Å². The van der Waals surface area contributed by atoms with Crippen molar-refractivity contribution in [3.8, 4) is 0 Å². The number of hydrogen-bond donors (Lipinski definition) is 2. The molecule has 2 N–H and O–H groups in total. The molecule has 0 aromatic carbocycles. The maximum atomic E-state index is 10.9. The van der Waals surface area contributed by atoms with Crippen molar-refractivity contribution in [3.05, 3.63) is 6.20 Å². The topological polar surface area (TPSA) is 91.5 Å². The maximum Gasteiger partial charge on any atom is 0.407 e. The van der Waals surface area contributed by atoms with Gasteiger partial charge in [0.25, 0.3) is 0 Å². The lowest BCUT2D eigenvalue weighted by atomic mass is 10.2. The Labute approximate surface area is 106 Å². The first-order valence-corrected chi connectivity index (χ1v) is 9.37. The summed E-state index contributed by atoms with van der Waals surface area (Å²) in [4.78, 5) is 12.1. The Morgan fingerprint density at radius 3 is 2.56 bits per heavy atom. The number of β-amino-alcohol motifs (C(OH)–C–C–N with tert-alkyl or cyclic N) is 1. The third kappa shape index (κ3) is 2.39. The van der Waals surface area contributed by atoms with Crippen molar-refractivity contribution in [1.29, 1.82) is 0 Å². The van der Waals surface area contributed by atoms with Gasteiger partial charge in [0.1, 0.15) is 8.07 Å². The van der Waals surface area contributed by atoms with Gasteiger partial charge in [-0.15, -0.1) is 5.10 Å². The summed E-state index contributed by atoms with van der Waals surface area (Å²) in [5.41, 5.74) is 0. The van der Waals surface area contributed by atoms with E-state index in [0.717, 1.165) is 5.32 Å². The summed E-state index contributed by atoms with van der Waals surface area (Å²) in [6, 6.07) is -0.335. The van der Waals surface area contributed by atoms with E-state index in [1.165, 1.54) is 4.90 Å². The van der Waals surface area contributed by atoms with E-state index in [9.17, 15) is 9.90 Å². The molecule has 0 radical (unpaired) electrons. The number of rotatable bonds is 2. The van der Waals surface area contributed by atoms with Crippen molar-refractivity contribution in [2.75, 3.05) is 13.1 Å². The summed E-state index contributed by atoms with van der Waals surface area (Å²) in [5, 5.41) is 27.9.